The Morgan fingerprint density at radius 2 is 2.24 bits per heavy atom. The van der Waals surface area contributed by atoms with Crippen LogP contribution in [-0.2, 0) is 6.54 Å². The quantitative estimate of drug-likeness (QED) is 0.714. The maximum atomic E-state index is 12.3. The maximum Gasteiger partial charge on any atom is 0.255 e. The molecule has 0 unspecified atom stereocenters. The van der Waals surface area contributed by atoms with E-state index in [9.17, 15) is 4.79 Å². The van der Waals surface area contributed by atoms with Crippen LogP contribution in [0, 0.1) is 13.8 Å². The summed E-state index contributed by atoms with van der Waals surface area (Å²) in [6.07, 6.45) is 1.56. The predicted molar refractivity (Wildman–Crippen MR) is 82.1 cm³/mol. The fraction of sp³-hybridized carbons (Fsp3) is 0.214. The minimum atomic E-state index is -0.171. The maximum absolute atomic E-state index is 12.3. The van der Waals surface area contributed by atoms with Crippen LogP contribution in [0.1, 0.15) is 27.6 Å². The third-order valence-electron chi connectivity index (χ3n) is 3.33. The third-order valence-corrected chi connectivity index (χ3v) is 3.94. The molecule has 3 heterocycles. The molecule has 2 N–H and O–H groups in total. The lowest BCUT2D eigenvalue weighted by Crippen LogP contribution is -2.23. The van der Waals surface area contributed by atoms with Crippen molar-refractivity contribution < 1.29 is 4.79 Å². The summed E-state index contributed by atoms with van der Waals surface area (Å²) in [6.45, 7) is 4.25. The third kappa shape index (κ3) is 2.56. The second kappa shape index (κ2) is 5.33. The van der Waals surface area contributed by atoms with Crippen molar-refractivity contribution in [2.45, 2.75) is 20.4 Å². The first-order chi connectivity index (χ1) is 10.1. The van der Waals surface area contributed by atoms with E-state index in [1.54, 1.807) is 10.7 Å². The lowest BCUT2D eigenvalue weighted by atomic mass is 10.2. The van der Waals surface area contributed by atoms with Crippen molar-refractivity contribution in [2.75, 3.05) is 0 Å². The molecule has 0 fully saturated rings. The summed E-state index contributed by atoms with van der Waals surface area (Å²) in [5, 5.41) is 7.05. The second-order valence-electron chi connectivity index (χ2n) is 4.78. The molecule has 0 aromatic carbocycles. The Bertz CT molecular complexity index is 800. The largest absolute Gasteiger partial charge is 0.345 e. The number of amides is 1. The van der Waals surface area contributed by atoms with Crippen LogP contribution in [0.3, 0.4) is 0 Å². The van der Waals surface area contributed by atoms with Crippen LogP contribution in [0.15, 0.2) is 29.0 Å². The normalized spacial score (nSPS) is 11.0. The van der Waals surface area contributed by atoms with Crippen molar-refractivity contribution in [3.63, 3.8) is 0 Å². The summed E-state index contributed by atoms with van der Waals surface area (Å²) < 4.78 is 2.48. The monoisotopic (exact) mass is 347 g/mol. The highest BCUT2D eigenvalue weighted by Crippen LogP contribution is 2.16. The molecule has 0 aliphatic heterocycles. The number of carbonyl (C=O) groups is 1. The topological polar surface area (TPSA) is 75.1 Å². The molecule has 0 atom stereocenters. The highest BCUT2D eigenvalue weighted by atomic mass is 79.9. The van der Waals surface area contributed by atoms with Gasteiger partial charge in [-0.1, -0.05) is 6.07 Å². The zero-order valence-corrected chi connectivity index (χ0v) is 13.2. The Labute approximate surface area is 129 Å². The molecule has 1 amide bonds. The van der Waals surface area contributed by atoms with E-state index in [0.717, 1.165) is 27.3 Å². The molecule has 0 aliphatic carbocycles. The Hall–Kier alpha value is -2.15. The standard InChI is InChI=1S/C14H14BrN5O/c1-8-9(2)19-13(18-8)7-16-14(21)10-6-17-20-11(10)4-3-5-12(20)15/h3-6H,7H2,1-2H3,(H,16,21)(H,18,19). The van der Waals surface area contributed by atoms with Gasteiger partial charge in [0.25, 0.3) is 5.91 Å². The van der Waals surface area contributed by atoms with Gasteiger partial charge in [-0.3, -0.25) is 4.79 Å². The zero-order chi connectivity index (χ0) is 15.0. The second-order valence-corrected chi connectivity index (χ2v) is 5.59. The van der Waals surface area contributed by atoms with Gasteiger partial charge in [-0.15, -0.1) is 0 Å². The molecule has 0 saturated carbocycles. The van der Waals surface area contributed by atoms with Crippen molar-refractivity contribution in [3.8, 4) is 0 Å². The van der Waals surface area contributed by atoms with Crippen LogP contribution >= 0.6 is 15.9 Å². The van der Waals surface area contributed by atoms with E-state index in [2.05, 4.69) is 36.3 Å². The molecule has 0 aliphatic rings. The van der Waals surface area contributed by atoms with Gasteiger partial charge in [-0.25, -0.2) is 9.50 Å². The summed E-state index contributed by atoms with van der Waals surface area (Å²) in [5.41, 5.74) is 3.25. The Morgan fingerprint density at radius 3 is 2.95 bits per heavy atom. The van der Waals surface area contributed by atoms with Crippen molar-refractivity contribution in [3.05, 3.63) is 51.8 Å². The number of rotatable bonds is 3. The number of H-pyrrole nitrogens is 1. The molecule has 6 nitrogen and oxygen atoms in total. The minimum Gasteiger partial charge on any atom is -0.345 e. The van der Waals surface area contributed by atoms with E-state index in [0.29, 0.717) is 12.1 Å². The first-order valence-electron chi connectivity index (χ1n) is 6.49. The Balaban J connectivity index is 1.79. The van der Waals surface area contributed by atoms with Gasteiger partial charge < -0.3 is 10.3 Å². The van der Waals surface area contributed by atoms with E-state index in [-0.39, 0.29) is 5.91 Å². The number of nitrogens with zero attached hydrogens (tertiary/aromatic N) is 3. The fourth-order valence-corrected chi connectivity index (χ4v) is 2.55. The van der Waals surface area contributed by atoms with Gasteiger partial charge in [0.15, 0.2) is 0 Å². The number of pyridine rings is 1. The summed E-state index contributed by atoms with van der Waals surface area (Å²) in [4.78, 5) is 19.8. The number of aromatic amines is 1. The Morgan fingerprint density at radius 1 is 1.43 bits per heavy atom. The molecule has 108 valence electrons. The highest BCUT2D eigenvalue weighted by molar-refractivity contribution is 9.10. The van der Waals surface area contributed by atoms with Crippen molar-refractivity contribution >= 4 is 27.4 Å². The number of aryl methyl sites for hydroxylation is 2. The van der Waals surface area contributed by atoms with Crippen LogP contribution in [0.4, 0.5) is 0 Å². The average molecular weight is 348 g/mol. The van der Waals surface area contributed by atoms with Gasteiger partial charge in [0.1, 0.15) is 10.4 Å². The predicted octanol–water partition coefficient (Wildman–Crippen LogP) is 2.37. The molecule has 3 aromatic rings. The number of halogens is 1. The summed E-state index contributed by atoms with van der Waals surface area (Å²) in [5.74, 6) is 0.575. The summed E-state index contributed by atoms with van der Waals surface area (Å²) >= 11 is 3.40. The number of fused-ring (bicyclic) bond motifs is 1. The minimum absolute atomic E-state index is 0.171. The van der Waals surface area contributed by atoms with Crippen molar-refractivity contribution in [2.24, 2.45) is 0 Å². The smallest absolute Gasteiger partial charge is 0.255 e. The lowest BCUT2D eigenvalue weighted by Gasteiger charge is -2.02. The zero-order valence-electron chi connectivity index (χ0n) is 11.6. The summed E-state index contributed by atoms with van der Waals surface area (Å²) in [7, 11) is 0. The van der Waals surface area contributed by atoms with Crippen molar-refractivity contribution in [1.29, 1.82) is 0 Å². The number of hydrogen-bond acceptors (Lipinski definition) is 3. The number of carbonyl (C=O) groups excluding carboxylic acids is 1. The fourth-order valence-electron chi connectivity index (χ4n) is 2.12. The van der Waals surface area contributed by atoms with Crippen LogP contribution in [0.2, 0.25) is 0 Å². The van der Waals surface area contributed by atoms with Crippen LogP contribution in [0.25, 0.3) is 5.52 Å². The number of imidazole rings is 1. The van der Waals surface area contributed by atoms with Gasteiger partial charge in [0.05, 0.1) is 29.5 Å². The lowest BCUT2D eigenvalue weighted by molar-refractivity contribution is 0.0951. The van der Waals surface area contributed by atoms with E-state index < -0.39 is 0 Å². The molecule has 7 heteroatoms. The van der Waals surface area contributed by atoms with Gasteiger partial charge in [-0.05, 0) is 41.9 Å². The van der Waals surface area contributed by atoms with Crippen LogP contribution in [0.5, 0.6) is 0 Å². The van der Waals surface area contributed by atoms with E-state index >= 15 is 0 Å². The molecule has 0 saturated heterocycles. The molecule has 21 heavy (non-hydrogen) atoms. The first-order valence-corrected chi connectivity index (χ1v) is 7.28. The average Bonchev–Trinajstić information content (AvgIpc) is 3.02. The first kappa shape index (κ1) is 13.8. The van der Waals surface area contributed by atoms with Gasteiger partial charge in [-0.2, -0.15) is 5.10 Å². The Kier molecular flexibility index (Phi) is 3.50. The highest BCUT2D eigenvalue weighted by Gasteiger charge is 2.14. The van der Waals surface area contributed by atoms with E-state index in [4.69, 9.17) is 0 Å². The molecule has 0 bridgehead atoms. The van der Waals surface area contributed by atoms with Crippen LogP contribution in [-0.4, -0.2) is 25.5 Å². The number of nitrogens with one attached hydrogen (secondary N) is 2. The molecule has 3 aromatic heterocycles. The molecule has 0 spiro atoms. The number of hydrogen-bond donors (Lipinski definition) is 2. The SMILES string of the molecule is Cc1nc(CNC(=O)c2cnn3c(Br)cccc23)[nH]c1C. The summed E-state index contributed by atoms with van der Waals surface area (Å²) in [6, 6.07) is 5.60. The van der Waals surface area contributed by atoms with Crippen molar-refractivity contribution in [1.82, 2.24) is 24.9 Å². The molecule has 3 rings (SSSR count). The number of aromatic nitrogens is 4. The van der Waals surface area contributed by atoms with Gasteiger partial charge in [0, 0.05) is 5.69 Å². The van der Waals surface area contributed by atoms with Gasteiger partial charge in [0.2, 0.25) is 0 Å². The van der Waals surface area contributed by atoms with Crippen LogP contribution < -0.4 is 5.32 Å². The molecular weight excluding hydrogens is 334 g/mol. The van der Waals surface area contributed by atoms with Gasteiger partial charge >= 0.3 is 0 Å². The van der Waals surface area contributed by atoms with E-state index in [1.165, 1.54) is 0 Å². The molecular formula is C14H14BrN5O. The molecule has 0 radical (unpaired) electrons. The van der Waals surface area contributed by atoms with E-state index in [1.807, 2.05) is 32.0 Å².